The molecular weight excluding hydrogens is 355 g/mol. The molecular formula is C15H10BrFN2O3. The van der Waals surface area contributed by atoms with Gasteiger partial charge in [-0.25, -0.2) is 4.39 Å². The molecule has 1 aliphatic heterocycles. The fourth-order valence-electron chi connectivity index (χ4n) is 2.19. The smallest absolute Gasteiger partial charge is 0.328 e. The molecule has 0 unspecified atom stereocenters. The third-order valence-electron chi connectivity index (χ3n) is 3.06. The number of aromatic nitrogens is 1. The highest BCUT2D eigenvalue weighted by Gasteiger charge is 2.28. The highest BCUT2D eigenvalue weighted by Crippen LogP contribution is 2.25. The quantitative estimate of drug-likeness (QED) is 0.821. The van der Waals surface area contributed by atoms with Crippen LogP contribution < -0.4 is 0 Å². The normalized spacial score (nSPS) is 12.3. The van der Waals surface area contributed by atoms with Gasteiger partial charge < -0.3 is 4.90 Å². The van der Waals surface area contributed by atoms with E-state index in [9.17, 15) is 9.18 Å². The molecule has 2 heterocycles. The average Bonchev–Trinajstić information content (AvgIpc) is 2.77. The van der Waals surface area contributed by atoms with E-state index in [0.29, 0.717) is 18.7 Å². The van der Waals surface area contributed by atoms with Gasteiger partial charge in [-0.05, 0) is 39.7 Å². The Bertz CT molecular complexity index is 745. The second-order valence-corrected chi connectivity index (χ2v) is 5.44. The Morgan fingerprint density at radius 1 is 1.32 bits per heavy atom. The van der Waals surface area contributed by atoms with Crippen LogP contribution in [0.3, 0.4) is 0 Å². The van der Waals surface area contributed by atoms with Crippen molar-refractivity contribution in [2.75, 3.05) is 0 Å². The first-order valence-corrected chi connectivity index (χ1v) is 7.02. The lowest BCUT2D eigenvalue weighted by molar-refractivity contribution is -0.191. The van der Waals surface area contributed by atoms with E-state index in [1.807, 2.05) is 6.07 Å². The molecule has 5 nitrogen and oxygen atoms in total. The second-order valence-electron chi connectivity index (χ2n) is 4.52. The predicted octanol–water partition coefficient (Wildman–Crippen LogP) is 2.56. The summed E-state index contributed by atoms with van der Waals surface area (Å²) < 4.78 is 13.9. The minimum atomic E-state index is -0.289. The van der Waals surface area contributed by atoms with Crippen molar-refractivity contribution in [2.45, 2.75) is 13.1 Å². The zero-order valence-corrected chi connectivity index (χ0v) is 12.8. The minimum Gasteiger partial charge on any atom is -0.328 e. The minimum absolute atomic E-state index is 0.0620. The van der Waals surface area contributed by atoms with Crippen LogP contribution in [0.2, 0.25) is 0 Å². The van der Waals surface area contributed by atoms with Gasteiger partial charge in [-0.2, -0.15) is 9.59 Å². The predicted molar refractivity (Wildman–Crippen MR) is 76.9 cm³/mol. The van der Waals surface area contributed by atoms with Crippen LogP contribution in [0.25, 0.3) is 0 Å². The molecule has 0 radical (unpaired) electrons. The van der Waals surface area contributed by atoms with E-state index in [2.05, 4.69) is 20.9 Å². The Labute approximate surface area is 133 Å². The summed E-state index contributed by atoms with van der Waals surface area (Å²) >= 11 is 3.31. The number of fused-ring (bicyclic) bond motifs is 1. The number of amides is 1. The molecule has 0 saturated carbocycles. The van der Waals surface area contributed by atoms with E-state index in [1.165, 1.54) is 12.1 Å². The molecule has 0 bridgehead atoms. The van der Waals surface area contributed by atoms with E-state index in [1.54, 1.807) is 23.2 Å². The van der Waals surface area contributed by atoms with Crippen LogP contribution in [0.15, 0.2) is 41.0 Å². The van der Waals surface area contributed by atoms with E-state index in [4.69, 9.17) is 9.59 Å². The SMILES string of the molecule is O=C1c2cc(Br)cnc2CN1Cc1cccc(F)c1.O=C=O. The van der Waals surface area contributed by atoms with Gasteiger partial charge in [0.05, 0.1) is 17.8 Å². The number of carbonyl (C=O) groups is 1. The van der Waals surface area contributed by atoms with Gasteiger partial charge in [0.15, 0.2) is 0 Å². The largest absolute Gasteiger partial charge is 0.373 e. The lowest BCUT2D eigenvalue weighted by Crippen LogP contribution is -2.23. The maximum absolute atomic E-state index is 13.1. The Balaban J connectivity index is 0.000000545. The van der Waals surface area contributed by atoms with E-state index >= 15 is 0 Å². The monoisotopic (exact) mass is 364 g/mol. The van der Waals surface area contributed by atoms with Gasteiger partial charge >= 0.3 is 6.15 Å². The van der Waals surface area contributed by atoms with Crippen LogP contribution in [-0.2, 0) is 22.7 Å². The molecule has 0 saturated heterocycles. The number of nitrogens with zero attached hydrogens (tertiary/aromatic N) is 2. The molecule has 1 aromatic carbocycles. The number of carbonyl (C=O) groups excluding carboxylic acids is 3. The number of hydrogen-bond acceptors (Lipinski definition) is 4. The maximum Gasteiger partial charge on any atom is 0.373 e. The third-order valence-corrected chi connectivity index (χ3v) is 3.49. The first kappa shape index (κ1) is 16.0. The van der Waals surface area contributed by atoms with Crippen molar-refractivity contribution < 1.29 is 18.8 Å². The number of rotatable bonds is 2. The summed E-state index contributed by atoms with van der Waals surface area (Å²) in [6.45, 7) is 0.864. The van der Waals surface area contributed by atoms with Crippen molar-refractivity contribution in [3.63, 3.8) is 0 Å². The molecule has 1 aliphatic rings. The molecule has 3 rings (SSSR count). The van der Waals surface area contributed by atoms with Crippen LogP contribution in [0.1, 0.15) is 21.6 Å². The molecule has 0 fully saturated rings. The summed E-state index contributed by atoms with van der Waals surface area (Å²) in [5, 5.41) is 0. The Kier molecular flexibility index (Phi) is 5.14. The lowest BCUT2D eigenvalue weighted by Gasteiger charge is -2.15. The van der Waals surface area contributed by atoms with Crippen molar-refractivity contribution in [1.29, 1.82) is 0 Å². The van der Waals surface area contributed by atoms with Crippen LogP contribution in [-0.4, -0.2) is 21.9 Å². The zero-order chi connectivity index (χ0) is 16.1. The van der Waals surface area contributed by atoms with Crippen LogP contribution in [0, 0.1) is 5.82 Å². The fraction of sp³-hybridized carbons (Fsp3) is 0.133. The van der Waals surface area contributed by atoms with Crippen molar-refractivity contribution in [2.24, 2.45) is 0 Å². The summed E-state index contributed by atoms with van der Waals surface area (Å²) in [5.74, 6) is -0.351. The molecule has 1 amide bonds. The van der Waals surface area contributed by atoms with Gasteiger partial charge in [-0.1, -0.05) is 12.1 Å². The second kappa shape index (κ2) is 7.06. The van der Waals surface area contributed by atoms with E-state index < -0.39 is 0 Å². The van der Waals surface area contributed by atoms with Gasteiger partial charge in [0.25, 0.3) is 5.91 Å². The van der Waals surface area contributed by atoms with E-state index in [-0.39, 0.29) is 17.9 Å². The summed E-state index contributed by atoms with van der Waals surface area (Å²) in [4.78, 5) is 34.4. The van der Waals surface area contributed by atoms with Gasteiger partial charge in [0, 0.05) is 17.2 Å². The molecule has 112 valence electrons. The first-order valence-electron chi connectivity index (χ1n) is 6.22. The highest BCUT2D eigenvalue weighted by molar-refractivity contribution is 9.10. The van der Waals surface area contributed by atoms with Gasteiger partial charge in [0.1, 0.15) is 5.82 Å². The first-order chi connectivity index (χ1) is 10.5. The summed E-state index contributed by atoms with van der Waals surface area (Å²) in [7, 11) is 0. The van der Waals surface area contributed by atoms with Gasteiger partial charge in [0.2, 0.25) is 0 Å². The molecule has 1 aromatic heterocycles. The molecule has 0 aliphatic carbocycles. The van der Waals surface area contributed by atoms with Crippen LogP contribution in [0.4, 0.5) is 4.39 Å². The zero-order valence-electron chi connectivity index (χ0n) is 11.3. The summed E-state index contributed by atoms with van der Waals surface area (Å²) in [6.07, 6.45) is 1.93. The van der Waals surface area contributed by atoms with Crippen LogP contribution in [0.5, 0.6) is 0 Å². The molecule has 0 N–H and O–H groups in total. The van der Waals surface area contributed by atoms with Crippen molar-refractivity contribution in [1.82, 2.24) is 9.88 Å². The fourth-order valence-corrected chi connectivity index (χ4v) is 2.52. The topological polar surface area (TPSA) is 67.3 Å². The third kappa shape index (κ3) is 3.63. The molecule has 7 heteroatoms. The summed E-state index contributed by atoms with van der Waals surface area (Å²) in [6, 6.07) is 8.06. The van der Waals surface area contributed by atoms with Gasteiger partial charge in [-0.15, -0.1) is 0 Å². The van der Waals surface area contributed by atoms with Gasteiger partial charge in [-0.3, -0.25) is 9.78 Å². The number of pyridine rings is 1. The summed E-state index contributed by atoms with van der Waals surface area (Å²) in [5.41, 5.74) is 2.16. The van der Waals surface area contributed by atoms with Crippen molar-refractivity contribution in [3.05, 3.63) is 63.6 Å². The standard InChI is InChI=1S/C14H10BrFN2O.CO2/c15-10-5-12-13(17-6-10)8-18(14(12)19)7-9-2-1-3-11(16)4-9;2-1-3/h1-6H,7-8H2;. The van der Waals surface area contributed by atoms with Crippen LogP contribution >= 0.6 is 15.9 Å². The number of benzene rings is 1. The lowest BCUT2D eigenvalue weighted by atomic mass is 10.2. The average molecular weight is 365 g/mol. The number of hydrogen-bond donors (Lipinski definition) is 0. The molecule has 0 atom stereocenters. The molecule has 22 heavy (non-hydrogen) atoms. The van der Waals surface area contributed by atoms with E-state index in [0.717, 1.165) is 15.7 Å². The molecule has 0 spiro atoms. The van der Waals surface area contributed by atoms with Crippen molar-refractivity contribution in [3.8, 4) is 0 Å². The van der Waals surface area contributed by atoms with Crippen molar-refractivity contribution >= 4 is 28.0 Å². The highest BCUT2D eigenvalue weighted by atomic mass is 79.9. The Morgan fingerprint density at radius 2 is 2.05 bits per heavy atom. The molecule has 2 aromatic rings. The Morgan fingerprint density at radius 3 is 2.73 bits per heavy atom. The maximum atomic E-state index is 13.1. The number of halogens is 2. The Hall–Kier alpha value is -2.37.